The lowest BCUT2D eigenvalue weighted by molar-refractivity contribution is 0.0636. The van der Waals surface area contributed by atoms with Gasteiger partial charge in [-0.2, -0.15) is 4.99 Å². The molecule has 1 aromatic rings. The maximum atomic E-state index is 11.7. The molecule has 0 spiro atoms. The smallest absolute Gasteiger partial charge is 0.412 e. The number of hydrogen-bond donors (Lipinski definition) is 1. The fourth-order valence-electron chi connectivity index (χ4n) is 2.04. The SMILES string of the molecule is CC(C)(C)OC(=O)Nc1ccc(C2(N=C=O)CC2)c(Cl)c1. The summed E-state index contributed by atoms with van der Waals surface area (Å²) < 4.78 is 5.17. The first kappa shape index (κ1) is 15.5. The van der Waals surface area contributed by atoms with Gasteiger partial charge in [-0.1, -0.05) is 17.7 Å². The highest BCUT2D eigenvalue weighted by atomic mass is 35.5. The number of rotatable bonds is 3. The van der Waals surface area contributed by atoms with Crippen LogP contribution >= 0.6 is 11.6 Å². The van der Waals surface area contributed by atoms with Crippen molar-refractivity contribution in [2.24, 2.45) is 4.99 Å². The number of carbonyl (C=O) groups is 1. The Labute approximate surface area is 128 Å². The topological polar surface area (TPSA) is 67.8 Å². The third-order valence-electron chi connectivity index (χ3n) is 3.10. The number of carbonyl (C=O) groups excluding carboxylic acids is 2. The monoisotopic (exact) mass is 308 g/mol. The summed E-state index contributed by atoms with van der Waals surface area (Å²) in [5.41, 5.74) is 0.222. The van der Waals surface area contributed by atoms with Gasteiger partial charge in [0.2, 0.25) is 6.08 Å². The number of amides is 1. The predicted octanol–water partition coefficient (Wildman–Crippen LogP) is 4.01. The quantitative estimate of drug-likeness (QED) is 0.677. The Morgan fingerprint density at radius 2 is 2.10 bits per heavy atom. The zero-order chi connectivity index (χ0) is 15.7. The second kappa shape index (κ2) is 5.51. The maximum absolute atomic E-state index is 11.7. The van der Waals surface area contributed by atoms with E-state index in [4.69, 9.17) is 16.3 Å². The summed E-state index contributed by atoms with van der Waals surface area (Å²) in [7, 11) is 0. The Kier molecular flexibility index (Phi) is 4.08. The largest absolute Gasteiger partial charge is 0.444 e. The molecule has 1 amide bonds. The van der Waals surface area contributed by atoms with Crippen LogP contribution in [0.15, 0.2) is 23.2 Å². The number of nitrogens with one attached hydrogen (secondary N) is 1. The average Bonchev–Trinajstić information content (AvgIpc) is 3.07. The van der Waals surface area contributed by atoms with Gasteiger partial charge in [0.15, 0.2) is 0 Å². The lowest BCUT2D eigenvalue weighted by Gasteiger charge is -2.20. The van der Waals surface area contributed by atoms with E-state index in [1.165, 1.54) is 0 Å². The number of nitrogens with zero attached hydrogens (tertiary/aromatic N) is 1. The molecule has 0 radical (unpaired) electrons. The van der Waals surface area contributed by atoms with Crippen LogP contribution in [0.3, 0.4) is 0 Å². The molecule has 1 aliphatic carbocycles. The van der Waals surface area contributed by atoms with Crippen LogP contribution in [0.1, 0.15) is 39.2 Å². The second-order valence-corrected chi connectivity index (χ2v) is 6.46. The Bertz CT molecular complexity index is 612. The summed E-state index contributed by atoms with van der Waals surface area (Å²) in [5.74, 6) is 0. The zero-order valence-corrected chi connectivity index (χ0v) is 13.0. The molecule has 1 aromatic carbocycles. The van der Waals surface area contributed by atoms with Crippen LogP contribution < -0.4 is 5.32 Å². The van der Waals surface area contributed by atoms with Crippen LogP contribution in [0.4, 0.5) is 10.5 Å². The van der Waals surface area contributed by atoms with Gasteiger partial charge in [-0.3, -0.25) is 5.32 Å². The van der Waals surface area contributed by atoms with Crippen molar-refractivity contribution in [3.05, 3.63) is 28.8 Å². The molecule has 21 heavy (non-hydrogen) atoms. The van der Waals surface area contributed by atoms with Crippen LogP contribution in [0, 0.1) is 0 Å². The van der Waals surface area contributed by atoms with Crippen molar-refractivity contribution in [2.45, 2.75) is 44.8 Å². The fourth-order valence-corrected chi connectivity index (χ4v) is 2.40. The number of anilines is 1. The molecule has 0 unspecified atom stereocenters. The molecule has 2 rings (SSSR count). The van der Waals surface area contributed by atoms with Gasteiger partial charge in [0.1, 0.15) is 5.60 Å². The van der Waals surface area contributed by atoms with Crippen LogP contribution in [0.5, 0.6) is 0 Å². The molecule has 1 aliphatic rings. The molecule has 5 nitrogen and oxygen atoms in total. The highest BCUT2D eigenvalue weighted by Gasteiger charge is 2.46. The zero-order valence-electron chi connectivity index (χ0n) is 12.2. The molecule has 112 valence electrons. The number of hydrogen-bond acceptors (Lipinski definition) is 4. The lowest BCUT2D eigenvalue weighted by Crippen LogP contribution is -2.27. The van der Waals surface area contributed by atoms with Crippen molar-refractivity contribution in [2.75, 3.05) is 5.32 Å². The molecule has 0 saturated heterocycles. The molecule has 0 heterocycles. The Balaban J connectivity index is 2.13. The molecule has 0 bridgehead atoms. The third kappa shape index (κ3) is 3.84. The summed E-state index contributed by atoms with van der Waals surface area (Å²) >= 11 is 6.22. The number of aliphatic imine (C=N–C) groups is 1. The van der Waals surface area contributed by atoms with Gasteiger partial charge < -0.3 is 4.74 Å². The molecule has 0 aliphatic heterocycles. The second-order valence-electron chi connectivity index (χ2n) is 6.06. The van der Waals surface area contributed by atoms with Gasteiger partial charge in [0.05, 0.1) is 5.54 Å². The molecule has 1 saturated carbocycles. The molecular formula is C15H17ClN2O3. The minimum absolute atomic E-state index is 0.458. The molecule has 1 N–H and O–H groups in total. The number of isocyanates is 1. The molecule has 6 heteroatoms. The van der Waals surface area contributed by atoms with Gasteiger partial charge in [-0.25, -0.2) is 9.59 Å². The molecule has 0 aromatic heterocycles. The summed E-state index contributed by atoms with van der Waals surface area (Å²) in [6, 6.07) is 5.11. The Morgan fingerprint density at radius 1 is 1.43 bits per heavy atom. The van der Waals surface area contributed by atoms with Gasteiger partial charge >= 0.3 is 6.09 Å². The minimum Gasteiger partial charge on any atom is -0.444 e. The van der Waals surface area contributed by atoms with E-state index in [0.29, 0.717) is 10.7 Å². The number of benzene rings is 1. The standard InChI is InChI=1S/C15H17ClN2O3/c1-14(2,3)21-13(20)18-10-4-5-11(12(16)8-10)15(6-7-15)17-9-19/h4-5,8H,6-7H2,1-3H3,(H,18,20). The Hall–Kier alpha value is -1.84. The molecule has 1 fully saturated rings. The highest BCUT2D eigenvalue weighted by Crippen LogP contribution is 2.51. The van der Waals surface area contributed by atoms with Crippen LogP contribution in [0.2, 0.25) is 5.02 Å². The summed E-state index contributed by atoms with van der Waals surface area (Å²) in [6.45, 7) is 5.37. The van der Waals surface area contributed by atoms with E-state index in [0.717, 1.165) is 18.4 Å². The normalized spacial score (nSPS) is 15.8. The van der Waals surface area contributed by atoms with E-state index in [9.17, 15) is 9.59 Å². The highest BCUT2D eigenvalue weighted by molar-refractivity contribution is 6.31. The predicted molar refractivity (Wildman–Crippen MR) is 80.3 cm³/mol. The van der Waals surface area contributed by atoms with Crippen molar-refractivity contribution in [1.29, 1.82) is 0 Å². The van der Waals surface area contributed by atoms with Crippen molar-refractivity contribution in [3.8, 4) is 0 Å². The van der Waals surface area contributed by atoms with Crippen molar-refractivity contribution in [3.63, 3.8) is 0 Å². The first-order chi connectivity index (χ1) is 9.76. The first-order valence-electron chi connectivity index (χ1n) is 6.65. The van der Waals surface area contributed by atoms with Gasteiger partial charge in [0.25, 0.3) is 0 Å². The van der Waals surface area contributed by atoms with Gasteiger partial charge in [-0.05, 0) is 51.3 Å². The summed E-state index contributed by atoms with van der Waals surface area (Å²) in [6.07, 6.45) is 2.61. The summed E-state index contributed by atoms with van der Waals surface area (Å²) in [5, 5.41) is 3.08. The number of halogens is 1. The van der Waals surface area contributed by atoms with Gasteiger partial charge in [0, 0.05) is 10.7 Å². The Morgan fingerprint density at radius 3 is 2.57 bits per heavy atom. The van der Waals surface area contributed by atoms with E-state index < -0.39 is 17.2 Å². The minimum atomic E-state index is -0.565. The summed E-state index contributed by atoms with van der Waals surface area (Å²) in [4.78, 5) is 26.0. The maximum Gasteiger partial charge on any atom is 0.412 e. The van der Waals surface area contributed by atoms with Crippen LogP contribution in [-0.2, 0) is 15.1 Å². The first-order valence-corrected chi connectivity index (χ1v) is 7.03. The van der Waals surface area contributed by atoms with Crippen molar-refractivity contribution >= 4 is 29.5 Å². The van der Waals surface area contributed by atoms with Crippen molar-refractivity contribution in [1.82, 2.24) is 0 Å². The van der Waals surface area contributed by atoms with Crippen molar-refractivity contribution < 1.29 is 14.3 Å². The van der Waals surface area contributed by atoms with Crippen LogP contribution in [0.25, 0.3) is 0 Å². The van der Waals surface area contributed by atoms with E-state index in [-0.39, 0.29) is 0 Å². The van der Waals surface area contributed by atoms with Crippen LogP contribution in [-0.4, -0.2) is 17.8 Å². The van der Waals surface area contributed by atoms with E-state index >= 15 is 0 Å². The number of ether oxygens (including phenoxy) is 1. The lowest BCUT2D eigenvalue weighted by atomic mass is 10.1. The van der Waals surface area contributed by atoms with E-state index in [2.05, 4.69) is 10.3 Å². The molecule has 0 atom stereocenters. The third-order valence-corrected chi connectivity index (χ3v) is 3.41. The van der Waals surface area contributed by atoms with Gasteiger partial charge in [-0.15, -0.1) is 0 Å². The fraction of sp³-hybridized carbons (Fsp3) is 0.467. The van der Waals surface area contributed by atoms with E-state index in [1.807, 2.05) is 0 Å². The average molecular weight is 309 g/mol. The van der Waals surface area contributed by atoms with E-state index in [1.54, 1.807) is 45.1 Å². The molecular weight excluding hydrogens is 292 g/mol.